The predicted octanol–water partition coefficient (Wildman–Crippen LogP) is 0.172. The summed E-state index contributed by atoms with van der Waals surface area (Å²) in [6.45, 7) is 0. The Morgan fingerprint density at radius 3 is 2.35 bits per heavy atom. The fourth-order valence-electron chi connectivity index (χ4n) is 1.24. The van der Waals surface area contributed by atoms with Crippen molar-refractivity contribution in [3.63, 3.8) is 0 Å². The van der Waals surface area contributed by atoms with Gasteiger partial charge in [-0.3, -0.25) is 0 Å². The lowest BCUT2D eigenvalue weighted by molar-refractivity contribution is -0.138. The van der Waals surface area contributed by atoms with Crippen molar-refractivity contribution in [3.05, 3.63) is 29.3 Å². The average Bonchev–Trinajstić information content (AvgIpc) is 2.26. The van der Waals surface area contributed by atoms with Gasteiger partial charge in [0.05, 0.1) is 18.2 Å². The van der Waals surface area contributed by atoms with Gasteiger partial charge >= 0.3 is 19.3 Å². The van der Waals surface area contributed by atoms with Crippen LogP contribution in [-0.2, 0) is 10.9 Å². The highest BCUT2D eigenvalue weighted by Crippen LogP contribution is 2.31. The molecule has 0 saturated heterocycles. The van der Waals surface area contributed by atoms with E-state index < -0.39 is 30.4 Å². The van der Waals surface area contributed by atoms with Crippen LogP contribution in [0.25, 0.3) is 0 Å². The molecule has 1 aromatic rings. The molecule has 1 aromatic carbocycles. The summed E-state index contributed by atoms with van der Waals surface area (Å²) < 4.78 is 42.1. The van der Waals surface area contributed by atoms with Crippen molar-refractivity contribution in [2.24, 2.45) is 0 Å². The standard InChI is InChI=1S/C9H8BF3O4/c1-17-8(14)6-3-2-5(10(15)16)4-7(6)9(11,12)13/h2-4,15-16H,1H3. The lowest BCUT2D eigenvalue weighted by Crippen LogP contribution is -2.31. The van der Waals surface area contributed by atoms with E-state index in [2.05, 4.69) is 4.74 Å². The van der Waals surface area contributed by atoms with Gasteiger partial charge in [-0.05, 0) is 17.6 Å². The Balaban J connectivity index is 3.37. The molecule has 0 bridgehead atoms. The van der Waals surface area contributed by atoms with Crippen LogP contribution < -0.4 is 5.46 Å². The van der Waals surface area contributed by atoms with Crippen LogP contribution >= 0.6 is 0 Å². The molecular weight excluding hydrogens is 240 g/mol. The topological polar surface area (TPSA) is 66.8 Å². The molecule has 17 heavy (non-hydrogen) atoms. The highest BCUT2D eigenvalue weighted by molar-refractivity contribution is 6.58. The number of methoxy groups -OCH3 is 1. The molecule has 1 rings (SSSR count). The molecule has 0 fully saturated rings. The number of hydrogen-bond acceptors (Lipinski definition) is 4. The summed E-state index contributed by atoms with van der Waals surface area (Å²) in [6, 6.07) is 2.34. The summed E-state index contributed by atoms with van der Waals surface area (Å²) in [5.74, 6) is -1.14. The van der Waals surface area contributed by atoms with Crippen molar-refractivity contribution in [3.8, 4) is 0 Å². The molecule has 0 spiro atoms. The number of ether oxygens (including phenoxy) is 1. The molecule has 2 N–H and O–H groups in total. The zero-order chi connectivity index (χ0) is 13.2. The van der Waals surface area contributed by atoms with Gasteiger partial charge in [0.1, 0.15) is 0 Å². The second kappa shape index (κ2) is 4.76. The van der Waals surface area contributed by atoms with Gasteiger partial charge in [-0.1, -0.05) is 6.07 Å². The normalized spacial score (nSPS) is 11.2. The molecule has 0 aliphatic carbocycles. The number of carbonyl (C=O) groups is 1. The molecule has 0 unspecified atom stereocenters. The van der Waals surface area contributed by atoms with E-state index in [9.17, 15) is 18.0 Å². The Morgan fingerprint density at radius 2 is 1.94 bits per heavy atom. The lowest BCUT2D eigenvalue weighted by atomic mass is 9.79. The monoisotopic (exact) mass is 248 g/mol. The summed E-state index contributed by atoms with van der Waals surface area (Å²) in [7, 11) is -1.08. The van der Waals surface area contributed by atoms with Gasteiger partial charge in [0, 0.05) is 0 Å². The quantitative estimate of drug-likeness (QED) is 0.578. The Hall–Kier alpha value is -1.54. The van der Waals surface area contributed by atoms with E-state index in [0.717, 1.165) is 19.2 Å². The first-order valence-corrected chi connectivity index (χ1v) is 4.43. The molecule has 0 saturated carbocycles. The summed E-state index contributed by atoms with van der Waals surface area (Å²) in [5.41, 5.74) is -2.30. The average molecular weight is 248 g/mol. The first kappa shape index (κ1) is 13.5. The van der Waals surface area contributed by atoms with E-state index in [0.29, 0.717) is 6.07 Å². The van der Waals surface area contributed by atoms with Gasteiger partial charge in [0.15, 0.2) is 0 Å². The predicted molar refractivity (Wildman–Crippen MR) is 52.6 cm³/mol. The van der Waals surface area contributed by atoms with E-state index in [1.54, 1.807) is 0 Å². The Morgan fingerprint density at radius 1 is 1.35 bits per heavy atom. The number of rotatable bonds is 2. The van der Waals surface area contributed by atoms with Crippen molar-refractivity contribution in [2.45, 2.75) is 6.18 Å². The van der Waals surface area contributed by atoms with Crippen molar-refractivity contribution in [2.75, 3.05) is 7.11 Å². The maximum atomic E-state index is 12.6. The summed E-state index contributed by atoms with van der Waals surface area (Å²) in [5, 5.41) is 17.5. The van der Waals surface area contributed by atoms with Crippen LogP contribution in [0, 0.1) is 0 Å². The maximum absolute atomic E-state index is 12.6. The molecule has 0 amide bonds. The fourth-order valence-corrected chi connectivity index (χ4v) is 1.24. The molecular formula is C9H8BF3O4. The Kier molecular flexibility index (Phi) is 3.79. The number of carbonyl (C=O) groups excluding carboxylic acids is 1. The summed E-state index contributed by atoms with van der Waals surface area (Å²) in [6.07, 6.45) is -4.78. The summed E-state index contributed by atoms with van der Waals surface area (Å²) in [4.78, 5) is 11.1. The zero-order valence-electron chi connectivity index (χ0n) is 8.65. The third-order valence-electron chi connectivity index (χ3n) is 2.05. The van der Waals surface area contributed by atoms with Crippen LogP contribution in [0.1, 0.15) is 15.9 Å². The second-order valence-electron chi connectivity index (χ2n) is 3.17. The van der Waals surface area contributed by atoms with E-state index in [4.69, 9.17) is 10.0 Å². The minimum absolute atomic E-state index is 0.357. The molecule has 0 aliphatic rings. The molecule has 0 atom stereocenters. The van der Waals surface area contributed by atoms with Crippen LogP contribution in [-0.4, -0.2) is 30.2 Å². The molecule has 8 heteroatoms. The van der Waals surface area contributed by atoms with E-state index in [1.807, 2.05) is 0 Å². The van der Waals surface area contributed by atoms with E-state index in [-0.39, 0.29) is 5.46 Å². The Bertz CT molecular complexity index is 431. The van der Waals surface area contributed by atoms with Gasteiger partial charge in [-0.2, -0.15) is 13.2 Å². The van der Waals surface area contributed by atoms with Crippen molar-refractivity contribution in [1.29, 1.82) is 0 Å². The molecule has 0 heterocycles. The zero-order valence-corrected chi connectivity index (χ0v) is 8.65. The molecule has 0 radical (unpaired) electrons. The van der Waals surface area contributed by atoms with Gasteiger partial charge in [0.2, 0.25) is 0 Å². The fraction of sp³-hybridized carbons (Fsp3) is 0.222. The second-order valence-corrected chi connectivity index (χ2v) is 3.17. The largest absolute Gasteiger partial charge is 0.488 e. The van der Waals surface area contributed by atoms with Crippen LogP contribution in [0.5, 0.6) is 0 Å². The van der Waals surface area contributed by atoms with Crippen LogP contribution in [0.15, 0.2) is 18.2 Å². The number of halogens is 3. The van der Waals surface area contributed by atoms with Crippen LogP contribution in [0.3, 0.4) is 0 Å². The summed E-state index contributed by atoms with van der Waals surface area (Å²) >= 11 is 0. The minimum atomic E-state index is -4.78. The third-order valence-corrected chi connectivity index (χ3v) is 2.05. The number of alkyl halides is 3. The van der Waals surface area contributed by atoms with Gasteiger partial charge in [-0.25, -0.2) is 4.79 Å². The maximum Gasteiger partial charge on any atom is 0.488 e. The highest BCUT2D eigenvalue weighted by Gasteiger charge is 2.36. The SMILES string of the molecule is COC(=O)c1ccc(B(O)O)cc1C(F)(F)F. The van der Waals surface area contributed by atoms with Gasteiger partial charge in [0.25, 0.3) is 0 Å². The lowest BCUT2D eigenvalue weighted by Gasteiger charge is -2.12. The van der Waals surface area contributed by atoms with Crippen molar-refractivity contribution in [1.82, 2.24) is 0 Å². The minimum Gasteiger partial charge on any atom is -0.465 e. The van der Waals surface area contributed by atoms with Crippen molar-refractivity contribution < 1.29 is 32.8 Å². The van der Waals surface area contributed by atoms with Crippen LogP contribution in [0.2, 0.25) is 0 Å². The van der Waals surface area contributed by atoms with E-state index >= 15 is 0 Å². The number of esters is 1. The number of hydrogen-bond donors (Lipinski definition) is 2. The first-order valence-electron chi connectivity index (χ1n) is 4.43. The molecule has 4 nitrogen and oxygen atoms in total. The van der Waals surface area contributed by atoms with Crippen LogP contribution in [0.4, 0.5) is 13.2 Å². The van der Waals surface area contributed by atoms with E-state index in [1.165, 1.54) is 0 Å². The first-order chi connectivity index (χ1) is 7.77. The molecule has 0 aromatic heterocycles. The smallest absolute Gasteiger partial charge is 0.465 e. The highest BCUT2D eigenvalue weighted by atomic mass is 19.4. The third kappa shape index (κ3) is 2.98. The molecule has 92 valence electrons. The van der Waals surface area contributed by atoms with Gasteiger partial charge < -0.3 is 14.8 Å². The van der Waals surface area contributed by atoms with Gasteiger partial charge in [-0.15, -0.1) is 0 Å². The van der Waals surface area contributed by atoms with Crippen molar-refractivity contribution >= 4 is 18.6 Å². The number of benzene rings is 1. The molecule has 0 aliphatic heterocycles. The Labute approximate surface area is 94.8 Å².